The average molecular weight is 305 g/mol. The molecule has 0 aliphatic carbocycles. The molecule has 0 bridgehead atoms. The number of anilines is 1. The van der Waals surface area contributed by atoms with Crippen molar-refractivity contribution in [1.82, 2.24) is 0 Å². The maximum atomic E-state index is 12.3. The molecule has 0 aliphatic rings. The van der Waals surface area contributed by atoms with Crippen LogP contribution in [0.1, 0.15) is 19.4 Å². The van der Waals surface area contributed by atoms with Crippen LogP contribution in [-0.2, 0) is 10.0 Å². The van der Waals surface area contributed by atoms with E-state index >= 15 is 0 Å². The third-order valence-corrected chi connectivity index (χ3v) is 4.25. The van der Waals surface area contributed by atoms with Gasteiger partial charge in [0, 0.05) is 0 Å². The highest BCUT2D eigenvalue weighted by Gasteiger charge is 2.14. The van der Waals surface area contributed by atoms with Crippen molar-refractivity contribution in [3.8, 4) is 5.75 Å². The Labute approximate surface area is 125 Å². The van der Waals surface area contributed by atoms with Gasteiger partial charge in [0.15, 0.2) is 0 Å². The normalized spacial score (nSPS) is 11.4. The zero-order valence-corrected chi connectivity index (χ0v) is 13.1. The molecule has 2 aromatic rings. The van der Waals surface area contributed by atoms with Gasteiger partial charge >= 0.3 is 0 Å². The molecule has 0 unspecified atom stereocenters. The van der Waals surface area contributed by atoms with Gasteiger partial charge in [0.05, 0.1) is 16.7 Å². The highest BCUT2D eigenvalue weighted by Crippen LogP contribution is 2.24. The summed E-state index contributed by atoms with van der Waals surface area (Å²) in [6, 6.07) is 13.6. The molecule has 0 radical (unpaired) electrons. The minimum absolute atomic E-state index is 0.0799. The summed E-state index contributed by atoms with van der Waals surface area (Å²) in [6.07, 6.45) is 0.0799. The standard InChI is InChI=1S/C16H19NO3S/c1-12(2)20-14-9-10-16(13(3)11-14)17-21(18,19)15-7-5-4-6-8-15/h4-12,17H,1-3H3. The number of aryl methyl sites for hydroxylation is 1. The van der Waals surface area contributed by atoms with Gasteiger partial charge in [-0.05, 0) is 56.7 Å². The van der Waals surface area contributed by atoms with Gasteiger partial charge < -0.3 is 4.74 Å². The van der Waals surface area contributed by atoms with Crippen LogP contribution < -0.4 is 9.46 Å². The third-order valence-electron chi connectivity index (χ3n) is 2.87. The van der Waals surface area contributed by atoms with Gasteiger partial charge in [0.25, 0.3) is 10.0 Å². The lowest BCUT2D eigenvalue weighted by Crippen LogP contribution is -2.13. The fourth-order valence-corrected chi connectivity index (χ4v) is 3.05. The maximum absolute atomic E-state index is 12.3. The van der Waals surface area contributed by atoms with Gasteiger partial charge in [0.1, 0.15) is 5.75 Å². The molecule has 2 rings (SSSR count). The van der Waals surface area contributed by atoms with Gasteiger partial charge in [-0.3, -0.25) is 4.72 Å². The molecule has 0 fully saturated rings. The van der Waals surface area contributed by atoms with Gasteiger partial charge in [-0.1, -0.05) is 18.2 Å². The SMILES string of the molecule is Cc1cc(OC(C)C)ccc1NS(=O)(=O)c1ccccc1. The molecule has 0 saturated carbocycles. The Morgan fingerprint density at radius 1 is 1.05 bits per heavy atom. The van der Waals surface area contributed by atoms with Crippen molar-refractivity contribution in [3.63, 3.8) is 0 Å². The molecule has 0 saturated heterocycles. The van der Waals surface area contributed by atoms with Crippen LogP contribution in [-0.4, -0.2) is 14.5 Å². The monoisotopic (exact) mass is 305 g/mol. The van der Waals surface area contributed by atoms with Crippen molar-refractivity contribution in [2.24, 2.45) is 0 Å². The average Bonchev–Trinajstić information content (AvgIpc) is 2.42. The van der Waals surface area contributed by atoms with Gasteiger partial charge in [0.2, 0.25) is 0 Å². The Kier molecular flexibility index (Phi) is 4.53. The molecule has 0 amide bonds. The molecule has 0 atom stereocenters. The van der Waals surface area contributed by atoms with Crippen molar-refractivity contribution in [2.45, 2.75) is 31.8 Å². The molecule has 5 heteroatoms. The van der Waals surface area contributed by atoms with Crippen LogP contribution in [0.3, 0.4) is 0 Å². The second-order valence-corrected chi connectivity index (χ2v) is 6.74. The quantitative estimate of drug-likeness (QED) is 0.918. The van der Waals surface area contributed by atoms with Gasteiger partial charge in [-0.15, -0.1) is 0 Å². The minimum atomic E-state index is -3.56. The Morgan fingerprint density at radius 2 is 1.71 bits per heavy atom. The lowest BCUT2D eigenvalue weighted by Gasteiger charge is -2.14. The fourth-order valence-electron chi connectivity index (χ4n) is 1.90. The number of nitrogens with one attached hydrogen (secondary N) is 1. The van der Waals surface area contributed by atoms with Crippen LogP contribution in [0, 0.1) is 6.92 Å². The largest absolute Gasteiger partial charge is 0.491 e. The second kappa shape index (κ2) is 6.18. The summed E-state index contributed by atoms with van der Waals surface area (Å²) in [5.74, 6) is 0.727. The minimum Gasteiger partial charge on any atom is -0.491 e. The topological polar surface area (TPSA) is 55.4 Å². The molecule has 2 aromatic carbocycles. The van der Waals surface area contributed by atoms with E-state index < -0.39 is 10.0 Å². The van der Waals surface area contributed by atoms with Crippen molar-refractivity contribution < 1.29 is 13.2 Å². The van der Waals surface area contributed by atoms with E-state index in [-0.39, 0.29) is 11.0 Å². The van der Waals surface area contributed by atoms with Gasteiger partial charge in [-0.25, -0.2) is 8.42 Å². The second-order valence-electron chi connectivity index (χ2n) is 5.06. The zero-order chi connectivity index (χ0) is 15.5. The molecule has 21 heavy (non-hydrogen) atoms. The smallest absolute Gasteiger partial charge is 0.261 e. The van der Waals surface area contributed by atoms with Crippen molar-refractivity contribution in [2.75, 3.05) is 4.72 Å². The molecule has 0 aliphatic heterocycles. The van der Waals surface area contributed by atoms with E-state index in [2.05, 4.69) is 4.72 Å². The predicted molar refractivity (Wildman–Crippen MR) is 84.2 cm³/mol. The maximum Gasteiger partial charge on any atom is 0.261 e. The lowest BCUT2D eigenvalue weighted by atomic mass is 10.2. The number of hydrogen-bond donors (Lipinski definition) is 1. The van der Waals surface area contributed by atoms with E-state index in [1.165, 1.54) is 0 Å². The molecular weight excluding hydrogens is 286 g/mol. The Bertz CT molecular complexity index is 710. The van der Waals surface area contributed by atoms with Crippen molar-refractivity contribution in [1.29, 1.82) is 0 Å². The lowest BCUT2D eigenvalue weighted by molar-refractivity contribution is 0.242. The van der Waals surface area contributed by atoms with Crippen LogP contribution in [0.2, 0.25) is 0 Å². The summed E-state index contributed by atoms with van der Waals surface area (Å²) in [4.78, 5) is 0.243. The number of ether oxygens (including phenoxy) is 1. The molecule has 0 aromatic heterocycles. The first-order valence-corrected chi connectivity index (χ1v) is 8.22. The summed E-state index contributed by atoms with van der Waals surface area (Å²) in [7, 11) is -3.56. The van der Waals surface area contributed by atoms with E-state index in [1.54, 1.807) is 42.5 Å². The third kappa shape index (κ3) is 3.98. The van der Waals surface area contributed by atoms with Crippen LogP contribution in [0.25, 0.3) is 0 Å². The number of hydrogen-bond acceptors (Lipinski definition) is 3. The molecular formula is C16H19NO3S. The summed E-state index contributed by atoms with van der Waals surface area (Å²) in [6.45, 7) is 5.73. The molecule has 0 heterocycles. The van der Waals surface area contributed by atoms with E-state index in [0.717, 1.165) is 11.3 Å². The summed E-state index contributed by atoms with van der Waals surface area (Å²) < 4.78 is 32.7. The Hall–Kier alpha value is -2.01. The van der Waals surface area contributed by atoms with Crippen molar-refractivity contribution in [3.05, 3.63) is 54.1 Å². The first kappa shape index (κ1) is 15.4. The van der Waals surface area contributed by atoms with E-state index in [0.29, 0.717) is 5.69 Å². The molecule has 0 spiro atoms. The number of rotatable bonds is 5. The molecule has 112 valence electrons. The van der Waals surface area contributed by atoms with E-state index in [9.17, 15) is 8.42 Å². The Morgan fingerprint density at radius 3 is 2.29 bits per heavy atom. The van der Waals surface area contributed by atoms with Crippen LogP contribution in [0.4, 0.5) is 5.69 Å². The summed E-state index contributed by atoms with van der Waals surface area (Å²) >= 11 is 0. The van der Waals surface area contributed by atoms with E-state index in [1.807, 2.05) is 26.8 Å². The van der Waals surface area contributed by atoms with E-state index in [4.69, 9.17) is 4.74 Å². The van der Waals surface area contributed by atoms with Crippen LogP contribution in [0.5, 0.6) is 5.75 Å². The van der Waals surface area contributed by atoms with Crippen LogP contribution in [0.15, 0.2) is 53.4 Å². The van der Waals surface area contributed by atoms with Crippen molar-refractivity contribution >= 4 is 15.7 Å². The summed E-state index contributed by atoms with van der Waals surface area (Å²) in [5.41, 5.74) is 1.36. The highest BCUT2D eigenvalue weighted by molar-refractivity contribution is 7.92. The van der Waals surface area contributed by atoms with Gasteiger partial charge in [-0.2, -0.15) is 0 Å². The fraction of sp³-hybridized carbons (Fsp3) is 0.250. The number of sulfonamides is 1. The first-order valence-electron chi connectivity index (χ1n) is 6.73. The number of benzene rings is 2. The molecule has 4 nitrogen and oxygen atoms in total. The first-order chi connectivity index (χ1) is 9.88. The Balaban J connectivity index is 2.24. The zero-order valence-electron chi connectivity index (χ0n) is 12.3. The predicted octanol–water partition coefficient (Wildman–Crippen LogP) is 3.58. The highest BCUT2D eigenvalue weighted by atomic mass is 32.2. The molecule has 1 N–H and O–H groups in total. The summed E-state index contributed by atoms with van der Waals surface area (Å²) in [5, 5.41) is 0. The van der Waals surface area contributed by atoms with Crippen LogP contribution >= 0.6 is 0 Å².